The highest BCUT2D eigenvalue weighted by Gasteiger charge is 2.26. The van der Waals surface area contributed by atoms with Gasteiger partial charge in [0.1, 0.15) is 11.9 Å². The topological polar surface area (TPSA) is 67.4 Å². The Bertz CT molecular complexity index is 663. The monoisotopic (exact) mass is 312 g/mol. The number of pyridine rings is 2. The number of nitrogens with zero attached hydrogens (tertiary/aromatic N) is 3. The standard InChI is InChI=1S/C17H20N4O2/c1-18-16-6-2-5-14(20-16)15-12-21(8-9-23-15)17(22)10-13-4-3-7-19-11-13/h2-7,11,15H,8-10,12H2,1H3,(H,18,20)/t15-/m0/s1. The van der Waals surface area contributed by atoms with Crippen molar-refractivity contribution in [3.8, 4) is 0 Å². The van der Waals surface area contributed by atoms with Gasteiger partial charge in [-0.25, -0.2) is 4.98 Å². The molecule has 2 aromatic rings. The van der Waals surface area contributed by atoms with Crippen molar-refractivity contribution in [1.82, 2.24) is 14.9 Å². The van der Waals surface area contributed by atoms with Crippen LogP contribution in [0.25, 0.3) is 0 Å². The summed E-state index contributed by atoms with van der Waals surface area (Å²) in [6.45, 7) is 1.66. The van der Waals surface area contributed by atoms with Gasteiger partial charge in [-0.3, -0.25) is 9.78 Å². The highest BCUT2D eigenvalue weighted by atomic mass is 16.5. The van der Waals surface area contributed by atoms with Crippen LogP contribution < -0.4 is 5.32 Å². The molecule has 0 aliphatic carbocycles. The number of ether oxygens (including phenoxy) is 1. The Morgan fingerprint density at radius 1 is 1.39 bits per heavy atom. The number of carbonyl (C=O) groups is 1. The second kappa shape index (κ2) is 7.19. The summed E-state index contributed by atoms with van der Waals surface area (Å²) in [7, 11) is 1.83. The number of hydrogen-bond donors (Lipinski definition) is 1. The van der Waals surface area contributed by atoms with E-state index < -0.39 is 0 Å². The van der Waals surface area contributed by atoms with Gasteiger partial charge in [0, 0.05) is 26.0 Å². The van der Waals surface area contributed by atoms with Gasteiger partial charge in [-0.15, -0.1) is 0 Å². The van der Waals surface area contributed by atoms with Crippen molar-refractivity contribution >= 4 is 11.7 Å². The van der Waals surface area contributed by atoms with E-state index in [2.05, 4.69) is 15.3 Å². The van der Waals surface area contributed by atoms with Gasteiger partial charge >= 0.3 is 0 Å². The average Bonchev–Trinajstić information content (AvgIpc) is 2.63. The zero-order chi connectivity index (χ0) is 16.1. The minimum absolute atomic E-state index is 0.0936. The van der Waals surface area contributed by atoms with Gasteiger partial charge < -0.3 is 15.0 Å². The molecule has 0 spiro atoms. The zero-order valence-electron chi connectivity index (χ0n) is 13.1. The van der Waals surface area contributed by atoms with Crippen molar-refractivity contribution in [2.24, 2.45) is 0 Å². The van der Waals surface area contributed by atoms with Crippen molar-refractivity contribution < 1.29 is 9.53 Å². The number of rotatable bonds is 4. The second-order valence-corrected chi connectivity index (χ2v) is 5.43. The fraction of sp³-hybridized carbons (Fsp3) is 0.353. The molecule has 1 N–H and O–H groups in total. The molecular formula is C17H20N4O2. The van der Waals surface area contributed by atoms with E-state index in [0.717, 1.165) is 17.1 Å². The number of anilines is 1. The lowest BCUT2D eigenvalue weighted by Gasteiger charge is -2.33. The summed E-state index contributed by atoms with van der Waals surface area (Å²) in [5.74, 6) is 0.890. The van der Waals surface area contributed by atoms with Crippen molar-refractivity contribution in [1.29, 1.82) is 0 Å². The van der Waals surface area contributed by atoms with E-state index in [4.69, 9.17) is 4.74 Å². The first-order valence-electron chi connectivity index (χ1n) is 7.69. The number of amides is 1. The predicted octanol–water partition coefficient (Wildman–Crippen LogP) is 1.66. The molecule has 6 nitrogen and oxygen atoms in total. The molecule has 6 heteroatoms. The van der Waals surface area contributed by atoms with E-state index in [1.165, 1.54) is 0 Å². The highest BCUT2D eigenvalue weighted by Crippen LogP contribution is 2.22. The predicted molar refractivity (Wildman–Crippen MR) is 87.0 cm³/mol. The van der Waals surface area contributed by atoms with Gasteiger partial charge in [0.25, 0.3) is 0 Å². The Balaban J connectivity index is 1.66. The molecule has 3 rings (SSSR count). The largest absolute Gasteiger partial charge is 0.373 e. The van der Waals surface area contributed by atoms with Gasteiger partial charge in [-0.05, 0) is 23.8 Å². The van der Waals surface area contributed by atoms with Crippen LogP contribution >= 0.6 is 0 Å². The number of hydrogen-bond acceptors (Lipinski definition) is 5. The summed E-state index contributed by atoms with van der Waals surface area (Å²) in [5.41, 5.74) is 1.77. The zero-order valence-corrected chi connectivity index (χ0v) is 13.1. The van der Waals surface area contributed by atoms with Crippen molar-refractivity contribution in [3.63, 3.8) is 0 Å². The molecule has 1 atom stereocenters. The van der Waals surface area contributed by atoms with Gasteiger partial charge in [0.05, 0.1) is 25.3 Å². The highest BCUT2D eigenvalue weighted by molar-refractivity contribution is 5.78. The normalized spacial score (nSPS) is 17.8. The molecule has 1 aliphatic rings. The molecule has 23 heavy (non-hydrogen) atoms. The van der Waals surface area contributed by atoms with Crippen LogP contribution in [-0.2, 0) is 16.0 Å². The van der Waals surface area contributed by atoms with Gasteiger partial charge in [0.2, 0.25) is 5.91 Å². The first-order valence-corrected chi connectivity index (χ1v) is 7.69. The third kappa shape index (κ3) is 3.84. The molecule has 0 saturated carbocycles. The summed E-state index contributed by atoms with van der Waals surface area (Å²) >= 11 is 0. The number of carbonyl (C=O) groups excluding carboxylic acids is 1. The van der Waals surface area contributed by atoms with Crippen LogP contribution in [0.15, 0.2) is 42.7 Å². The van der Waals surface area contributed by atoms with E-state index in [9.17, 15) is 4.79 Å². The summed E-state index contributed by atoms with van der Waals surface area (Å²) in [5, 5.41) is 3.02. The van der Waals surface area contributed by atoms with Crippen LogP contribution in [0, 0.1) is 0 Å². The Hall–Kier alpha value is -2.47. The Labute approximate surface area is 135 Å². The first kappa shape index (κ1) is 15.4. The summed E-state index contributed by atoms with van der Waals surface area (Å²) in [6.07, 6.45) is 3.62. The van der Waals surface area contributed by atoms with E-state index >= 15 is 0 Å². The second-order valence-electron chi connectivity index (χ2n) is 5.43. The quantitative estimate of drug-likeness (QED) is 0.930. The van der Waals surface area contributed by atoms with E-state index in [1.807, 2.05) is 42.3 Å². The molecule has 2 aromatic heterocycles. The van der Waals surface area contributed by atoms with E-state index in [0.29, 0.717) is 26.1 Å². The SMILES string of the molecule is CNc1cccc([C@@H]2CN(C(=O)Cc3cccnc3)CCO2)n1. The Morgan fingerprint density at radius 2 is 2.30 bits per heavy atom. The molecule has 1 aliphatic heterocycles. The van der Waals surface area contributed by atoms with Crippen molar-refractivity contribution in [3.05, 3.63) is 54.0 Å². The fourth-order valence-electron chi connectivity index (χ4n) is 2.61. The molecule has 1 saturated heterocycles. The number of aromatic nitrogens is 2. The lowest BCUT2D eigenvalue weighted by atomic mass is 10.1. The van der Waals surface area contributed by atoms with Crippen LogP contribution in [0.4, 0.5) is 5.82 Å². The number of nitrogens with one attached hydrogen (secondary N) is 1. The van der Waals surface area contributed by atoms with E-state index in [-0.39, 0.29) is 12.0 Å². The van der Waals surface area contributed by atoms with Crippen molar-refractivity contribution in [2.45, 2.75) is 12.5 Å². The maximum Gasteiger partial charge on any atom is 0.227 e. The summed E-state index contributed by atoms with van der Waals surface area (Å²) in [6, 6.07) is 9.53. The lowest BCUT2D eigenvalue weighted by molar-refractivity contribution is -0.138. The molecule has 0 unspecified atom stereocenters. The molecular weight excluding hydrogens is 292 g/mol. The molecule has 1 amide bonds. The molecule has 0 radical (unpaired) electrons. The maximum absolute atomic E-state index is 12.5. The van der Waals surface area contributed by atoms with Gasteiger partial charge in [-0.1, -0.05) is 12.1 Å². The van der Waals surface area contributed by atoms with Crippen LogP contribution in [0.3, 0.4) is 0 Å². The van der Waals surface area contributed by atoms with Gasteiger partial charge in [0.15, 0.2) is 0 Å². The minimum Gasteiger partial charge on any atom is -0.373 e. The molecule has 0 aromatic carbocycles. The molecule has 120 valence electrons. The molecule has 1 fully saturated rings. The van der Waals surface area contributed by atoms with Crippen LogP contribution in [0.5, 0.6) is 0 Å². The minimum atomic E-state index is -0.185. The fourth-order valence-corrected chi connectivity index (χ4v) is 2.61. The Kier molecular flexibility index (Phi) is 4.83. The smallest absolute Gasteiger partial charge is 0.227 e. The summed E-state index contributed by atoms with van der Waals surface area (Å²) < 4.78 is 5.80. The third-order valence-electron chi connectivity index (χ3n) is 3.85. The summed E-state index contributed by atoms with van der Waals surface area (Å²) in [4.78, 5) is 22.9. The lowest BCUT2D eigenvalue weighted by Crippen LogP contribution is -2.43. The Morgan fingerprint density at radius 3 is 3.09 bits per heavy atom. The van der Waals surface area contributed by atoms with Crippen molar-refractivity contribution in [2.75, 3.05) is 32.1 Å². The van der Waals surface area contributed by atoms with Crippen LogP contribution in [-0.4, -0.2) is 47.5 Å². The van der Waals surface area contributed by atoms with Gasteiger partial charge in [-0.2, -0.15) is 0 Å². The number of morpholine rings is 1. The van der Waals surface area contributed by atoms with Crippen LogP contribution in [0.1, 0.15) is 17.4 Å². The molecule has 3 heterocycles. The van der Waals surface area contributed by atoms with Crippen LogP contribution in [0.2, 0.25) is 0 Å². The maximum atomic E-state index is 12.5. The third-order valence-corrected chi connectivity index (χ3v) is 3.85. The van der Waals surface area contributed by atoms with E-state index in [1.54, 1.807) is 12.4 Å². The first-order chi connectivity index (χ1) is 11.3. The molecule has 0 bridgehead atoms. The average molecular weight is 312 g/mol.